The number of hydrogen-bond donors (Lipinski definition) is 2. The van der Waals surface area contributed by atoms with Crippen molar-refractivity contribution in [3.8, 4) is 0 Å². The van der Waals surface area contributed by atoms with Gasteiger partial charge in [-0.1, -0.05) is 24.3 Å². The molecule has 3 aromatic carbocycles. The molecule has 30 heavy (non-hydrogen) atoms. The Kier molecular flexibility index (Phi) is 5.72. The van der Waals surface area contributed by atoms with Crippen LogP contribution >= 0.6 is 0 Å². The minimum Gasteiger partial charge on any atom is -0.277 e. The molecule has 0 amide bonds. The molecule has 0 saturated carbocycles. The van der Waals surface area contributed by atoms with Crippen molar-refractivity contribution in [2.45, 2.75) is 9.79 Å². The summed E-state index contributed by atoms with van der Waals surface area (Å²) in [6.07, 6.45) is 0. The highest BCUT2D eigenvalue weighted by Gasteiger charge is 2.27. The average molecular weight is 460 g/mol. The topological polar surface area (TPSA) is 92.3 Å². The van der Waals surface area contributed by atoms with Crippen molar-refractivity contribution in [3.05, 3.63) is 83.9 Å². The summed E-state index contributed by atoms with van der Waals surface area (Å²) in [6.45, 7) is 0. The lowest BCUT2D eigenvalue weighted by Crippen LogP contribution is -2.20. The molecule has 0 fully saturated rings. The molecule has 12 heteroatoms. The molecule has 0 heterocycles. The van der Waals surface area contributed by atoms with Crippen molar-refractivity contribution >= 4 is 31.4 Å². The molecule has 0 aliphatic carbocycles. The van der Waals surface area contributed by atoms with Crippen molar-refractivity contribution in [2.24, 2.45) is 0 Å². The van der Waals surface area contributed by atoms with Crippen molar-refractivity contribution in [1.82, 2.24) is 0 Å². The molecule has 0 atom stereocenters. The maximum absolute atomic E-state index is 13.9. The van der Waals surface area contributed by atoms with Gasteiger partial charge in [0.15, 0.2) is 9.79 Å². The second-order valence-electron chi connectivity index (χ2n) is 5.86. The van der Waals surface area contributed by atoms with E-state index < -0.39 is 64.5 Å². The van der Waals surface area contributed by atoms with Gasteiger partial charge < -0.3 is 0 Å². The van der Waals surface area contributed by atoms with Crippen LogP contribution in [0.15, 0.2) is 70.5 Å². The van der Waals surface area contributed by atoms with E-state index in [0.29, 0.717) is 0 Å². The standard InChI is InChI=1S/C18H12F4N2O4S2/c19-11-5-3-6-12(20)17(11)29(25,26)23-15-9-1-2-10-16(15)24-30(27,28)18-13(21)7-4-8-14(18)22/h1-10,23-24H. The van der Waals surface area contributed by atoms with Crippen molar-refractivity contribution in [1.29, 1.82) is 0 Å². The van der Waals surface area contributed by atoms with Gasteiger partial charge in [0.05, 0.1) is 11.4 Å². The van der Waals surface area contributed by atoms with Gasteiger partial charge in [0.1, 0.15) is 23.3 Å². The lowest BCUT2D eigenvalue weighted by molar-refractivity contribution is 0.519. The number of benzene rings is 3. The number of para-hydroxylation sites is 2. The second-order valence-corrected chi connectivity index (χ2v) is 9.10. The fourth-order valence-corrected chi connectivity index (χ4v) is 4.97. The van der Waals surface area contributed by atoms with E-state index in [1.807, 2.05) is 9.44 Å². The Balaban J connectivity index is 2.02. The van der Waals surface area contributed by atoms with E-state index in [2.05, 4.69) is 0 Å². The fourth-order valence-electron chi connectivity index (χ4n) is 2.53. The first-order valence-corrected chi connectivity index (χ1v) is 11.0. The molecule has 0 radical (unpaired) electrons. The minimum absolute atomic E-state index is 0.430. The van der Waals surface area contributed by atoms with Gasteiger partial charge >= 0.3 is 0 Å². The number of hydrogen-bond acceptors (Lipinski definition) is 4. The number of rotatable bonds is 6. The van der Waals surface area contributed by atoms with Crippen LogP contribution in [-0.2, 0) is 20.0 Å². The Morgan fingerprint density at radius 2 is 0.800 bits per heavy atom. The molecular formula is C18H12F4N2O4S2. The summed E-state index contributed by atoms with van der Waals surface area (Å²) >= 11 is 0. The maximum atomic E-state index is 13.9. The zero-order chi connectivity index (χ0) is 22.1. The van der Waals surface area contributed by atoms with E-state index in [4.69, 9.17) is 0 Å². The van der Waals surface area contributed by atoms with Crippen LogP contribution in [0.5, 0.6) is 0 Å². The van der Waals surface area contributed by atoms with Crippen molar-refractivity contribution in [3.63, 3.8) is 0 Å². The molecular weight excluding hydrogens is 448 g/mol. The number of anilines is 2. The van der Waals surface area contributed by atoms with E-state index in [9.17, 15) is 34.4 Å². The van der Waals surface area contributed by atoms with Gasteiger partial charge in [0.2, 0.25) is 0 Å². The molecule has 0 spiro atoms. The SMILES string of the molecule is O=S(=O)(Nc1ccccc1NS(=O)(=O)c1c(F)cccc1F)c1c(F)cccc1F. The van der Waals surface area contributed by atoms with E-state index in [0.717, 1.165) is 48.5 Å². The third-order valence-electron chi connectivity index (χ3n) is 3.79. The zero-order valence-corrected chi connectivity index (χ0v) is 16.4. The third kappa shape index (κ3) is 4.24. The van der Waals surface area contributed by atoms with Crippen molar-refractivity contribution in [2.75, 3.05) is 9.44 Å². The van der Waals surface area contributed by atoms with Crippen LogP contribution in [0.25, 0.3) is 0 Å². The Labute approximate surface area is 169 Å². The number of nitrogens with one attached hydrogen (secondary N) is 2. The highest BCUT2D eigenvalue weighted by Crippen LogP contribution is 2.29. The monoisotopic (exact) mass is 460 g/mol. The first-order valence-electron chi connectivity index (χ1n) is 8.05. The van der Waals surface area contributed by atoms with E-state index in [-0.39, 0.29) is 0 Å². The lowest BCUT2D eigenvalue weighted by Gasteiger charge is -2.15. The summed E-state index contributed by atoms with van der Waals surface area (Å²) in [5, 5.41) is 0. The molecule has 2 N–H and O–H groups in total. The maximum Gasteiger partial charge on any atom is 0.267 e. The first kappa shape index (κ1) is 21.6. The fraction of sp³-hybridized carbons (Fsp3) is 0. The van der Waals surface area contributed by atoms with Crippen LogP contribution < -0.4 is 9.44 Å². The smallest absolute Gasteiger partial charge is 0.267 e. The van der Waals surface area contributed by atoms with Crippen LogP contribution in [0.4, 0.5) is 28.9 Å². The van der Waals surface area contributed by atoms with Gasteiger partial charge in [-0.05, 0) is 36.4 Å². The summed E-state index contributed by atoms with van der Waals surface area (Å²) in [5.74, 6) is -5.47. The highest BCUT2D eigenvalue weighted by molar-refractivity contribution is 7.93. The van der Waals surface area contributed by atoms with Gasteiger partial charge in [-0.15, -0.1) is 0 Å². The van der Waals surface area contributed by atoms with Crippen LogP contribution in [0.3, 0.4) is 0 Å². The number of halogens is 4. The van der Waals surface area contributed by atoms with E-state index in [1.165, 1.54) is 12.1 Å². The summed E-state index contributed by atoms with van der Waals surface area (Å²) in [6, 6.07) is 9.64. The molecule has 3 rings (SSSR count). The molecule has 6 nitrogen and oxygen atoms in total. The molecule has 3 aromatic rings. The minimum atomic E-state index is -4.82. The summed E-state index contributed by atoms with van der Waals surface area (Å²) in [4.78, 5) is -2.55. The Morgan fingerprint density at radius 3 is 1.10 bits per heavy atom. The largest absolute Gasteiger partial charge is 0.277 e. The van der Waals surface area contributed by atoms with Gasteiger partial charge in [-0.25, -0.2) is 34.4 Å². The van der Waals surface area contributed by atoms with Gasteiger partial charge in [-0.3, -0.25) is 9.44 Å². The average Bonchev–Trinajstić information content (AvgIpc) is 2.62. The first-order chi connectivity index (χ1) is 14.0. The van der Waals surface area contributed by atoms with E-state index >= 15 is 0 Å². The molecule has 0 aromatic heterocycles. The van der Waals surface area contributed by atoms with Gasteiger partial charge in [-0.2, -0.15) is 0 Å². The van der Waals surface area contributed by atoms with Crippen LogP contribution in [0.2, 0.25) is 0 Å². The predicted molar refractivity (Wildman–Crippen MR) is 101 cm³/mol. The number of sulfonamides is 2. The molecule has 0 unspecified atom stereocenters. The summed E-state index contributed by atoms with van der Waals surface area (Å²) in [5.41, 5.74) is -0.860. The molecule has 0 aliphatic heterocycles. The predicted octanol–water partition coefficient (Wildman–Crippen LogP) is 3.84. The van der Waals surface area contributed by atoms with Crippen molar-refractivity contribution < 1.29 is 34.4 Å². The molecule has 158 valence electrons. The summed E-state index contributed by atoms with van der Waals surface area (Å²) < 4.78 is 109. The second kappa shape index (κ2) is 7.95. The van der Waals surface area contributed by atoms with E-state index in [1.54, 1.807) is 0 Å². The summed E-state index contributed by atoms with van der Waals surface area (Å²) in [7, 11) is -9.63. The van der Waals surface area contributed by atoms with Gasteiger partial charge in [0, 0.05) is 0 Å². The van der Waals surface area contributed by atoms with Crippen LogP contribution in [0, 0.1) is 23.3 Å². The zero-order valence-electron chi connectivity index (χ0n) is 14.7. The lowest BCUT2D eigenvalue weighted by atomic mass is 10.3. The highest BCUT2D eigenvalue weighted by atomic mass is 32.2. The molecule has 0 saturated heterocycles. The normalized spacial score (nSPS) is 11.9. The Bertz CT molecular complexity index is 1190. The third-order valence-corrected chi connectivity index (χ3v) is 6.62. The Morgan fingerprint density at radius 1 is 0.500 bits per heavy atom. The quantitative estimate of drug-likeness (QED) is 0.547. The Hall–Kier alpha value is -3.12. The molecule has 0 bridgehead atoms. The molecule has 0 aliphatic rings. The van der Waals surface area contributed by atoms with Gasteiger partial charge in [0.25, 0.3) is 20.0 Å². The van der Waals surface area contributed by atoms with Crippen LogP contribution in [-0.4, -0.2) is 16.8 Å². The van der Waals surface area contributed by atoms with Crippen LogP contribution in [0.1, 0.15) is 0 Å².